The summed E-state index contributed by atoms with van der Waals surface area (Å²) in [5.41, 5.74) is 7.20. The molecule has 0 saturated carbocycles. The number of rotatable bonds is 3. The maximum Gasteiger partial charge on any atom is 0.247 e. The van der Waals surface area contributed by atoms with Gasteiger partial charge in [0.05, 0.1) is 0 Å². The summed E-state index contributed by atoms with van der Waals surface area (Å²) < 4.78 is 5.44. The van der Waals surface area contributed by atoms with Crippen molar-refractivity contribution in [2.45, 2.75) is 13.3 Å². The van der Waals surface area contributed by atoms with Gasteiger partial charge in [-0.25, -0.2) is 0 Å². The minimum atomic E-state index is 0.511. The lowest BCUT2D eigenvalue weighted by Crippen LogP contribution is -2.02. The van der Waals surface area contributed by atoms with E-state index in [1.807, 2.05) is 19.1 Å². The molecule has 0 aliphatic heterocycles. The van der Waals surface area contributed by atoms with E-state index in [0.717, 1.165) is 11.3 Å². The maximum absolute atomic E-state index is 5.44. The van der Waals surface area contributed by atoms with Gasteiger partial charge in [-0.2, -0.15) is 0 Å². The van der Waals surface area contributed by atoms with Crippen LogP contribution in [0.5, 0.6) is 0 Å². The van der Waals surface area contributed by atoms with E-state index in [0.29, 0.717) is 24.7 Å². The molecular formula is C10H12N4O. The normalized spacial score (nSPS) is 10.5. The van der Waals surface area contributed by atoms with Crippen LogP contribution in [0.1, 0.15) is 11.6 Å². The fourth-order valence-electron chi connectivity index (χ4n) is 1.27. The van der Waals surface area contributed by atoms with Gasteiger partial charge in [-0.1, -0.05) is 0 Å². The zero-order chi connectivity index (χ0) is 10.7. The summed E-state index contributed by atoms with van der Waals surface area (Å²) in [6.45, 7) is 2.43. The minimum Gasteiger partial charge on any atom is -0.421 e. The number of aromatic nitrogens is 3. The van der Waals surface area contributed by atoms with Crippen LogP contribution >= 0.6 is 0 Å². The number of hydrogen-bond donors (Lipinski definition) is 1. The summed E-state index contributed by atoms with van der Waals surface area (Å²) in [6, 6.07) is 3.74. The number of aryl methyl sites for hydroxylation is 1. The lowest BCUT2D eigenvalue weighted by Gasteiger charge is -1.95. The van der Waals surface area contributed by atoms with Crippen molar-refractivity contribution in [3.8, 4) is 11.5 Å². The van der Waals surface area contributed by atoms with E-state index in [1.165, 1.54) is 0 Å². The molecule has 0 spiro atoms. The largest absolute Gasteiger partial charge is 0.421 e. The molecule has 2 aromatic rings. The van der Waals surface area contributed by atoms with Gasteiger partial charge in [0.2, 0.25) is 11.8 Å². The summed E-state index contributed by atoms with van der Waals surface area (Å²) in [4.78, 5) is 4.10. The summed E-state index contributed by atoms with van der Waals surface area (Å²) in [5.74, 6) is 1.09. The highest BCUT2D eigenvalue weighted by Gasteiger charge is 2.07. The van der Waals surface area contributed by atoms with Gasteiger partial charge in [0, 0.05) is 30.4 Å². The molecule has 0 atom stereocenters. The Bertz CT molecular complexity index is 452. The molecular weight excluding hydrogens is 192 g/mol. The fraction of sp³-hybridized carbons (Fsp3) is 0.300. The van der Waals surface area contributed by atoms with Crippen molar-refractivity contribution in [2.75, 3.05) is 6.54 Å². The average Bonchev–Trinajstić information content (AvgIpc) is 2.67. The third-order valence-corrected chi connectivity index (χ3v) is 1.97. The number of nitrogens with two attached hydrogens (primary N) is 1. The smallest absolute Gasteiger partial charge is 0.247 e. The highest BCUT2D eigenvalue weighted by atomic mass is 16.4. The van der Waals surface area contributed by atoms with Crippen LogP contribution in [0, 0.1) is 6.92 Å². The summed E-state index contributed by atoms with van der Waals surface area (Å²) in [6.07, 6.45) is 2.33. The summed E-state index contributed by atoms with van der Waals surface area (Å²) in [5, 5.41) is 7.84. The fourth-order valence-corrected chi connectivity index (χ4v) is 1.27. The maximum atomic E-state index is 5.44. The first-order chi connectivity index (χ1) is 7.29. The Labute approximate surface area is 87.3 Å². The van der Waals surface area contributed by atoms with Crippen molar-refractivity contribution in [3.63, 3.8) is 0 Å². The van der Waals surface area contributed by atoms with Crippen molar-refractivity contribution in [1.29, 1.82) is 0 Å². The van der Waals surface area contributed by atoms with Gasteiger partial charge < -0.3 is 10.2 Å². The second-order valence-corrected chi connectivity index (χ2v) is 3.23. The molecule has 0 unspecified atom stereocenters. The monoisotopic (exact) mass is 204 g/mol. The number of hydrogen-bond acceptors (Lipinski definition) is 5. The van der Waals surface area contributed by atoms with Crippen molar-refractivity contribution in [1.82, 2.24) is 15.2 Å². The molecule has 0 radical (unpaired) electrons. The lowest BCUT2D eigenvalue weighted by molar-refractivity contribution is 0.507. The Hall–Kier alpha value is -1.75. The van der Waals surface area contributed by atoms with Crippen LogP contribution in [0.2, 0.25) is 0 Å². The highest BCUT2D eigenvalue weighted by Crippen LogP contribution is 2.17. The standard InChI is InChI=1S/C10H12N4O/c1-7-6-8(3-5-12-7)10-14-13-9(15-10)2-4-11/h3,5-6H,2,4,11H2,1H3. The molecule has 5 heteroatoms. The SMILES string of the molecule is Cc1cc(-c2nnc(CCN)o2)ccn1. The van der Waals surface area contributed by atoms with E-state index in [1.54, 1.807) is 6.20 Å². The quantitative estimate of drug-likeness (QED) is 0.805. The first-order valence-corrected chi connectivity index (χ1v) is 4.75. The molecule has 2 heterocycles. The van der Waals surface area contributed by atoms with Gasteiger partial charge in [-0.05, 0) is 19.1 Å². The van der Waals surface area contributed by atoms with Crippen molar-refractivity contribution in [2.24, 2.45) is 5.73 Å². The van der Waals surface area contributed by atoms with E-state index < -0.39 is 0 Å². The molecule has 0 aliphatic rings. The van der Waals surface area contributed by atoms with Gasteiger partial charge in [-0.3, -0.25) is 4.98 Å². The molecule has 5 nitrogen and oxygen atoms in total. The summed E-state index contributed by atoms with van der Waals surface area (Å²) in [7, 11) is 0. The Kier molecular flexibility index (Phi) is 2.73. The van der Waals surface area contributed by atoms with Crippen LogP contribution in [-0.2, 0) is 6.42 Å². The van der Waals surface area contributed by atoms with Crippen LogP contribution in [0.25, 0.3) is 11.5 Å². The van der Waals surface area contributed by atoms with Crippen molar-refractivity contribution >= 4 is 0 Å². The molecule has 0 amide bonds. The van der Waals surface area contributed by atoms with E-state index in [9.17, 15) is 0 Å². The third kappa shape index (κ3) is 2.19. The lowest BCUT2D eigenvalue weighted by atomic mass is 10.2. The molecule has 0 bridgehead atoms. The van der Waals surface area contributed by atoms with E-state index in [4.69, 9.17) is 10.2 Å². The van der Waals surface area contributed by atoms with E-state index in [-0.39, 0.29) is 0 Å². The predicted molar refractivity (Wildman–Crippen MR) is 55.0 cm³/mol. The van der Waals surface area contributed by atoms with Crippen LogP contribution in [-0.4, -0.2) is 21.7 Å². The first-order valence-electron chi connectivity index (χ1n) is 4.75. The van der Waals surface area contributed by atoms with Crippen LogP contribution < -0.4 is 5.73 Å². The predicted octanol–water partition coefficient (Wildman–Crippen LogP) is 0.941. The Morgan fingerprint density at radius 1 is 1.40 bits per heavy atom. The van der Waals surface area contributed by atoms with E-state index >= 15 is 0 Å². The third-order valence-electron chi connectivity index (χ3n) is 1.97. The zero-order valence-electron chi connectivity index (χ0n) is 8.47. The number of nitrogens with zero attached hydrogens (tertiary/aromatic N) is 3. The van der Waals surface area contributed by atoms with Crippen molar-refractivity contribution < 1.29 is 4.42 Å². The second-order valence-electron chi connectivity index (χ2n) is 3.23. The van der Waals surface area contributed by atoms with Gasteiger partial charge in [0.25, 0.3) is 0 Å². The first kappa shape index (κ1) is 9.79. The molecule has 2 rings (SSSR count). The van der Waals surface area contributed by atoms with Crippen LogP contribution in [0.4, 0.5) is 0 Å². The molecule has 2 aromatic heterocycles. The Morgan fingerprint density at radius 2 is 2.27 bits per heavy atom. The molecule has 0 saturated heterocycles. The van der Waals surface area contributed by atoms with Gasteiger partial charge in [-0.15, -0.1) is 10.2 Å². The second kappa shape index (κ2) is 4.18. The van der Waals surface area contributed by atoms with Crippen LogP contribution in [0.3, 0.4) is 0 Å². The highest BCUT2D eigenvalue weighted by molar-refractivity contribution is 5.52. The average molecular weight is 204 g/mol. The van der Waals surface area contributed by atoms with Gasteiger partial charge >= 0.3 is 0 Å². The van der Waals surface area contributed by atoms with Gasteiger partial charge in [0.1, 0.15) is 0 Å². The summed E-state index contributed by atoms with van der Waals surface area (Å²) >= 11 is 0. The Balaban J connectivity index is 2.29. The molecule has 78 valence electrons. The van der Waals surface area contributed by atoms with Crippen molar-refractivity contribution in [3.05, 3.63) is 29.9 Å². The number of pyridine rings is 1. The molecule has 0 aromatic carbocycles. The zero-order valence-corrected chi connectivity index (χ0v) is 8.47. The van der Waals surface area contributed by atoms with Crippen LogP contribution in [0.15, 0.2) is 22.7 Å². The minimum absolute atomic E-state index is 0.511. The topological polar surface area (TPSA) is 77.8 Å². The van der Waals surface area contributed by atoms with E-state index in [2.05, 4.69) is 15.2 Å². The Morgan fingerprint density at radius 3 is 3.00 bits per heavy atom. The van der Waals surface area contributed by atoms with Gasteiger partial charge in [0.15, 0.2) is 0 Å². The molecule has 15 heavy (non-hydrogen) atoms. The molecule has 0 aliphatic carbocycles. The molecule has 0 fully saturated rings. The molecule has 2 N–H and O–H groups in total.